The lowest BCUT2D eigenvalue weighted by molar-refractivity contribution is -0.112. The fourth-order valence-corrected chi connectivity index (χ4v) is 3.73. The molecule has 3 aromatic rings. The van der Waals surface area contributed by atoms with Gasteiger partial charge in [-0.3, -0.25) is 9.59 Å². The van der Waals surface area contributed by atoms with Crippen molar-refractivity contribution in [1.29, 1.82) is 0 Å². The van der Waals surface area contributed by atoms with Crippen molar-refractivity contribution < 1.29 is 19.1 Å². The zero-order valence-corrected chi connectivity index (χ0v) is 18.0. The Hall–Kier alpha value is -4.12. The number of fused-ring (bicyclic) bond motifs is 1. The van der Waals surface area contributed by atoms with Crippen LogP contribution in [0.1, 0.15) is 27.0 Å². The van der Waals surface area contributed by atoms with Crippen LogP contribution in [0.4, 0.5) is 5.69 Å². The molecule has 0 aliphatic carbocycles. The van der Waals surface area contributed by atoms with Crippen molar-refractivity contribution in [1.82, 2.24) is 0 Å². The van der Waals surface area contributed by atoms with Gasteiger partial charge in [-0.15, -0.1) is 0 Å². The lowest BCUT2D eigenvalue weighted by Crippen LogP contribution is -2.42. The third-order valence-electron chi connectivity index (χ3n) is 5.30. The molecule has 5 heteroatoms. The molecule has 1 aliphatic rings. The van der Waals surface area contributed by atoms with Crippen molar-refractivity contribution in [2.24, 2.45) is 0 Å². The van der Waals surface area contributed by atoms with Gasteiger partial charge in [-0.25, -0.2) is 4.90 Å². The summed E-state index contributed by atoms with van der Waals surface area (Å²) in [5.74, 6) is 0.433. The fraction of sp³-hybridized carbons (Fsp3) is 0.111. The number of para-hydroxylation sites is 1. The molecule has 32 heavy (non-hydrogen) atoms. The molecule has 0 spiro atoms. The number of ether oxygens (including phenoxy) is 2. The van der Waals surface area contributed by atoms with Crippen LogP contribution in [0.3, 0.4) is 0 Å². The van der Waals surface area contributed by atoms with Crippen molar-refractivity contribution in [3.63, 3.8) is 0 Å². The Bertz CT molecular complexity index is 1240. The second-order valence-electron chi connectivity index (χ2n) is 7.35. The van der Waals surface area contributed by atoms with Crippen LogP contribution < -0.4 is 14.4 Å². The molecule has 0 atom stereocenters. The van der Waals surface area contributed by atoms with E-state index in [9.17, 15) is 9.59 Å². The van der Waals surface area contributed by atoms with Crippen molar-refractivity contribution >= 4 is 29.2 Å². The van der Waals surface area contributed by atoms with Crippen LogP contribution in [0.2, 0.25) is 0 Å². The van der Waals surface area contributed by atoms with E-state index in [0.29, 0.717) is 40.5 Å². The standard InChI is InChI=1S/C27H23NO4/c1-4-15-32-24-14-13-19(17-25(24)31-3)16-22-20-10-6-7-11-21(20)26(29)28(27(22)30)23-12-8-5-9-18(23)2/h4-14,16-17H,1,15H2,2-3H3/b22-16-. The number of aryl methyl sites for hydroxylation is 1. The molecule has 0 aromatic heterocycles. The van der Waals surface area contributed by atoms with Crippen molar-refractivity contribution in [2.75, 3.05) is 18.6 Å². The highest BCUT2D eigenvalue weighted by atomic mass is 16.5. The third-order valence-corrected chi connectivity index (χ3v) is 5.30. The van der Waals surface area contributed by atoms with Gasteiger partial charge in [0.05, 0.1) is 12.8 Å². The summed E-state index contributed by atoms with van der Waals surface area (Å²) in [7, 11) is 1.56. The number of hydrogen-bond donors (Lipinski definition) is 0. The maximum absolute atomic E-state index is 13.6. The highest BCUT2D eigenvalue weighted by Gasteiger charge is 2.36. The Balaban J connectivity index is 1.84. The van der Waals surface area contributed by atoms with Gasteiger partial charge < -0.3 is 9.47 Å². The molecule has 2 amide bonds. The predicted octanol–water partition coefficient (Wildman–Crippen LogP) is 5.30. The van der Waals surface area contributed by atoms with E-state index in [0.717, 1.165) is 11.1 Å². The highest BCUT2D eigenvalue weighted by molar-refractivity contribution is 6.43. The topological polar surface area (TPSA) is 55.8 Å². The summed E-state index contributed by atoms with van der Waals surface area (Å²) < 4.78 is 11.1. The lowest BCUT2D eigenvalue weighted by atomic mass is 9.91. The largest absolute Gasteiger partial charge is 0.493 e. The Kier molecular flexibility index (Phi) is 5.90. The molecule has 0 bridgehead atoms. The second-order valence-corrected chi connectivity index (χ2v) is 7.35. The molecule has 1 aliphatic heterocycles. The maximum atomic E-state index is 13.6. The number of rotatable bonds is 6. The molecular weight excluding hydrogens is 402 g/mol. The molecule has 0 unspecified atom stereocenters. The second kappa shape index (κ2) is 8.94. The van der Waals surface area contributed by atoms with Gasteiger partial charge in [0, 0.05) is 11.1 Å². The van der Waals surface area contributed by atoms with Crippen molar-refractivity contribution in [3.8, 4) is 11.5 Å². The third kappa shape index (κ3) is 3.81. The smallest absolute Gasteiger partial charge is 0.265 e. The molecular formula is C27H23NO4. The number of carbonyl (C=O) groups is 2. The maximum Gasteiger partial charge on any atom is 0.265 e. The average molecular weight is 425 g/mol. The van der Waals surface area contributed by atoms with Crippen LogP contribution in [0.15, 0.2) is 79.4 Å². The predicted molar refractivity (Wildman–Crippen MR) is 126 cm³/mol. The van der Waals surface area contributed by atoms with E-state index in [1.165, 1.54) is 4.90 Å². The summed E-state index contributed by atoms with van der Waals surface area (Å²) in [4.78, 5) is 28.1. The number of anilines is 1. The normalized spacial score (nSPS) is 14.3. The summed E-state index contributed by atoms with van der Waals surface area (Å²) >= 11 is 0. The highest BCUT2D eigenvalue weighted by Crippen LogP contribution is 2.36. The van der Waals surface area contributed by atoms with E-state index in [2.05, 4.69) is 6.58 Å². The van der Waals surface area contributed by atoms with Crippen molar-refractivity contribution in [3.05, 3.63) is 102 Å². The Morgan fingerprint density at radius 3 is 2.34 bits per heavy atom. The summed E-state index contributed by atoms with van der Waals surface area (Å²) in [6.07, 6.45) is 3.43. The Labute approximate surface area is 187 Å². The van der Waals surface area contributed by atoms with Crippen LogP contribution in [0.5, 0.6) is 11.5 Å². The van der Waals surface area contributed by atoms with Gasteiger partial charge in [0.1, 0.15) is 6.61 Å². The number of methoxy groups -OCH3 is 1. The van der Waals surface area contributed by atoms with Gasteiger partial charge in [0.15, 0.2) is 11.5 Å². The molecule has 0 fully saturated rings. The first-order valence-electron chi connectivity index (χ1n) is 10.2. The molecule has 0 saturated heterocycles. The minimum atomic E-state index is -0.367. The summed E-state index contributed by atoms with van der Waals surface area (Å²) in [6, 6.07) is 20.0. The number of nitrogens with zero attached hydrogens (tertiary/aromatic N) is 1. The zero-order chi connectivity index (χ0) is 22.7. The van der Waals surface area contributed by atoms with E-state index in [1.807, 2.05) is 37.3 Å². The van der Waals surface area contributed by atoms with Crippen LogP contribution in [0.25, 0.3) is 11.6 Å². The SMILES string of the molecule is C=CCOc1ccc(/C=C2\C(=O)N(c3ccccc3C)C(=O)c3ccccc32)cc1OC. The number of carbonyl (C=O) groups excluding carboxylic acids is 2. The molecule has 4 rings (SSSR count). The summed E-state index contributed by atoms with van der Waals surface area (Å²) in [5.41, 5.74) is 3.71. The molecule has 0 saturated carbocycles. The van der Waals surface area contributed by atoms with Gasteiger partial charge in [-0.05, 0) is 54.0 Å². The van der Waals surface area contributed by atoms with Gasteiger partial charge in [0.25, 0.3) is 11.8 Å². The molecule has 1 heterocycles. The Morgan fingerprint density at radius 2 is 1.62 bits per heavy atom. The van der Waals surface area contributed by atoms with E-state index >= 15 is 0 Å². The van der Waals surface area contributed by atoms with Gasteiger partial charge in [-0.1, -0.05) is 55.1 Å². The molecule has 0 N–H and O–H groups in total. The summed E-state index contributed by atoms with van der Waals surface area (Å²) in [5, 5.41) is 0. The molecule has 0 radical (unpaired) electrons. The van der Waals surface area contributed by atoms with Crippen LogP contribution in [-0.4, -0.2) is 25.5 Å². The monoisotopic (exact) mass is 425 g/mol. The molecule has 3 aromatic carbocycles. The number of benzene rings is 3. The first-order valence-corrected chi connectivity index (χ1v) is 10.2. The van der Waals surface area contributed by atoms with Gasteiger partial charge >= 0.3 is 0 Å². The minimum Gasteiger partial charge on any atom is -0.493 e. The first-order chi connectivity index (χ1) is 15.5. The average Bonchev–Trinajstić information content (AvgIpc) is 2.82. The van der Waals surface area contributed by atoms with Crippen LogP contribution >= 0.6 is 0 Å². The van der Waals surface area contributed by atoms with Crippen LogP contribution in [0, 0.1) is 6.92 Å². The lowest BCUT2D eigenvalue weighted by Gasteiger charge is -2.29. The van der Waals surface area contributed by atoms with Gasteiger partial charge in [0.2, 0.25) is 0 Å². The zero-order valence-electron chi connectivity index (χ0n) is 18.0. The number of hydrogen-bond acceptors (Lipinski definition) is 4. The minimum absolute atomic E-state index is 0.331. The first kappa shape index (κ1) is 21.1. The fourth-order valence-electron chi connectivity index (χ4n) is 3.73. The number of amides is 2. The van der Waals surface area contributed by atoms with E-state index in [-0.39, 0.29) is 11.8 Å². The summed E-state index contributed by atoms with van der Waals surface area (Å²) in [6.45, 7) is 5.89. The quantitative estimate of drug-likeness (QED) is 0.306. The Morgan fingerprint density at radius 1 is 0.906 bits per heavy atom. The van der Waals surface area contributed by atoms with E-state index in [1.54, 1.807) is 55.7 Å². The molecule has 160 valence electrons. The molecule has 5 nitrogen and oxygen atoms in total. The van der Waals surface area contributed by atoms with E-state index < -0.39 is 0 Å². The van der Waals surface area contributed by atoms with E-state index in [4.69, 9.17) is 9.47 Å². The van der Waals surface area contributed by atoms with Gasteiger partial charge in [-0.2, -0.15) is 0 Å². The van der Waals surface area contributed by atoms with Crippen molar-refractivity contribution in [2.45, 2.75) is 6.92 Å². The van der Waals surface area contributed by atoms with Crippen LogP contribution in [-0.2, 0) is 4.79 Å². The number of imide groups is 1.